The average Bonchev–Trinajstić information content (AvgIpc) is 2.31. The van der Waals surface area contributed by atoms with Crippen molar-refractivity contribution in [1.29, 1.82) is 0 Å². The lowest BCUT2D eigenvalue weighted by molar-refractivity contribution is 0.265. The molecular formula is C14H30N2S. The van der Waals surface area contributed by atoms with Gasteiger partial charge in [-0.2, -0.15) is 0 Å². The quantitative estimate of drug-likeness (QED) is 0.453. The summed E-state index contributed by atoms with van der Waals surface area (Å²) >= 11 is 5.02. The topological polar surface area (TPSA) is 29.3 Å². The lowest BCUT2D eigenvalue weighted by Gasteiger charge is -2.23. The van der Waals surface area contributed by atoms with E-state index in [1.807, 2.05) is 0 Å². The second kappa shape index (κ2) is 11.0. The number of hydrogen-bond donors (Lipinski definition) is 1. The molecule has 102 valence electrons. The number of nitrogens with two attached hydrogens (primary N) is 1. The molecule has 0 spiro atoms. The first kappa shape index (κ1) is 16.9. The maximum absolute atomic E-state index is 5.65. The molecule has 0 aliphatic carbocycles. The summed E-state index contributed by atoms with van der Waals surface area (Å²) < 4.78 is 0. The van der Waals surface area contributed by atoms with E-state index in [0.717, 1.165) is 13.1 Å². The lowest BCUT2D eigenvalue weighted by Crippen LogP contribution is -2.34. The molecule has 1 atom stereocenters. The van der Waals surface area contributed by atoms with Crippen molar-refractivity contribution in [1.82, 2.24) is 4.90 Å². The molecule has 0 rings (SSSR count). The molecule has 0 aliphatic heterocycles. The lowest BCUT2D eigenvalue weighted by atomic mass is 10.1. The molecule has 0 heterocycles. The van der Waals surface area contributed by atoms with Gasteiger partial charge < -0.3 is 10.6 Å². The Morgan fingerprint density at radius 2 is 1.71 bits per heavy atom. The van der Waals surface area contributed by atoms with Crippen LogP contribution in [0.2, 0.25) is 0 Å². The normalized spacial score (nSPS) is 12.9. The highest BCUT2D eigenvalue weighted by Gasteiger charge is 2.10. The van der Waals surface area contributed by atoms with Gasteiger partial charge in [0.05, 0.1) is 4.99 Å². The van der Waals surface area contributed by atoms with Crippen LogP contribution in [0.15, 0.2) is 0 Å². The Bertz CT molecular complexity index is 195. The number of nitrogens with zero attached hydrogens (tertiary/aromatic N) is 1. The minimum Gasteiger partial charge on any atom is -0.393 e. The van der Waals surface area contributed by atoms with Gasteiger partial charge in [-0.05, 0) is 19.5 Å². The van der Waals surface area contributed by atoms with Crippen molar-refractivity contribution in [2.45, 2.75) is 59.3 Å². The Morgan fingerprint density at radius 3 is 2.24 bits per heavy atom. The van der Waals surface area contributed by atoms with Crippen LogP contribution in [0, 0.1) is 5.92 Å². The summed E-state index contributed by atoms with van der Waals surface area (Å²) in [6, 6.07) is 0. The number of rotatable bonds is 11. The minimum absolute atomic E-state index is 0.338. The molecule has 17 heavy (non-hydrogen) atoms. The Balaban J connectivity index is 3.57. The van der Waals surface area contributed by atoms with E-state index in [1.165, 1.54) is 45.1 Å². The summed E-state index contributed by atoms with van der Waals surface area (Å²) in [5.74, 6) is 0.338. The predicted octanol–water partition coefficient (Wildman–Crippen LogP) is 3.59. The summed E-state index contributed by atoms with van der Waals surface area (Å²) in [5.41, 5.74) is 5.65. The van der Waals surface area contributed by atoms with Gasteiger partial charge >= 0.3 is 0 Å². The monoisotopic (exact) mass is 258 g/mol. The molecule has 2 nitrogen and oxygen atoms in total. The Kier molecular flexibility index (Phi) is 10.9. The van der Waals surface area contributed by atoms with Crippen LogP contribution in [0.25, 0.3) is 0 Å². The van der Waals surface area contributed by atoms with E-state index in [2.05, 4.69) is 25.7 Å². The van der Waals surface area contributed by atoms with E-state index in [-0.39, 0.29) is 0 Å². The molecule has 0 fully saturated rings. The van der Waals surface area contributed by atoms with Crippen molar-refractivity contribution < 1.29 is 0 Å². The molecule has 2 N–H and O–H groups in total. The van der Waals surface area contributed by atoms with Crippen LogP contribution < -0.4 is 5.73 Å². The first-order valence-electron chi connectivity index (χ1n) is 7.13. The summed E-state index contributed by atoms with van der Waals surface area (Å²) in [7, 11) is 0. The molecule has 0 radical (unpaired) electrons. The van der Waals surface area contributed by atoms with Gasteiger partial charge in [-0.1, -0.05) is 65.1 Å². The SMILES string of the molecule is CCCCCCCCN(CC)CC(C)C(N)=S. The van der Waals surface area contributed by atoms with Crippen molar-refractivity contribution in [3.63, 3.8) is 0 Å². The Hall–Kier alpha value is -0.150. The van der Waals surface area contributed by atoms with Crippen LogP contribution in [0.3, 0.4) is 0 Å². The standard InChI is InChI=1S/C14H30N2S/c1-4-6-7-8-9-10-11-16(5-2)12-13(3)14(15)17/h13H,4-12H2,1-3H3,(H2,15,17). The first-order chi connectivity index (χ1) is 8.11. The highest BCUT2D eigenvalue weighted by molar-refractivity contribution is 7.80. The zero-order valence-corrected chi connectivity index (χ0v) is 12.7. The summed E-state index contributed by atoms with van der Waals surface area (Å²) in [5, 5.41) is 0. The summed E-state index contributed by atoms with van der Waals surface area (Å²) in [4.78, 5) is 3.11. The van der Waals surface area contributed by atoms with Gasteiger partial charge in [-0.25, -0.2) is 0 Å². The second-order valence-corrected chi connectivity index (χ2v) is 5.44. The minimum atomic E-state index is 0.338. The fourth-order valence-electron chi connectivity index (χ4n) is 1.97. The van der Waals surface area contributed by atoms with E-state index < -0.39 is 0 Å². The van der Waals surface area contributed by atoms with Crippen molar-refractivity contribution in [2.75, 3.05) is 19.6 Å². The van der Waals surface area contributed by atoms with Crippen molar-refractivity contribution in [3.05, 3.63) is 0 Å². The molecule has 1 unspecified atom stereocenters. The maximum Gasteiger partial charge on any atom is 0.0768 e. The van der Waals surface area contributed by atoms with Crippen LogP contribution in [-0.2, 0) is 0 Å². The highest BCUT2D eigenvalue weighted by atomic mass is 32.1. The molecular weight excluding hydrogens is 228 g/mol. The van der Waals surface area contributed by atoms with Crippen LogP contribution in [-0.4, -0.2) is 29.5 Å². The molecule has 0 saturated heterocycles. The zero-order chi connectivity index (χ0) is 13.1. The zero-order valence-electron chi connectivity index (χ0n) is 11.9. The maximum atomic E-state index is 5.65. The fraction of sp³-hybridized carbons (Fsp3) is 0.929. The van der Waals surface area contributed by atoms with E-state index in [1.54, 1.807) is 0 Å². The highest BCUT2D eigenvalue weighted by Crippen LogP contribution is 2.07. The van der Waals surface area contributed by atoms with Gasteiger partial charge in [0, 0.05) is 12.5 Å². The van der Waals surface area contributed by atoms with Crippen LogP contribution in [0.5, 0.6) is 0 Å². The average molecular weight is 258 g/mol. The van der Waals surface area contributed by atoms with Crippen molar-refractivity contribution in [2.24, 2.45) is 11.7 Å². The van der Waals surface area contributed by atoms with Gasteiger partial charge in [0.25, 0.3) is 0 Å². The molecule has 0 amide bonds. The number of unbranched alkanes of at least 4 members (excludes halogenated alkanes) is 5. The van der Waals surface area contributed by atoms with Crippen LogP contribution in [0.1, 0.15) is 59.3 Å². The van der Waals surface area contributed by atoms with Crippen molar-refractivity contribution >= 4 is 17.2 Å². The first-order valence-corrected chi connectivity index (χ1v) is 7.54. The van der Waals surface area contributed by atoms with E-state index in [4.69, 9.17) is 18.0 Å². The second-order valence-electron chi connectivity index (χ2n) is 4.96. The molecule has 0 bridgehead atoms. The molecule has 3 heteroatoms. The summed E-state index contributed by atoms with van der Waals surface area (Å²) in [6.07, 6.45) is 8.16. The van der Waals surface area contributed by atoms with Gasteiger partial charge in [0.2, 0.25) is 0 Å². The van der Waals surface area contributed by atoms with E-state index >= 15 is 0 Å². The number of thiocarbonyl (C=S) groups is 1. The third-order valence-electron chi connectivity index (χ3n) is 3.29. The van der Waals surface area contributed by atoms with Gasteiger partial charge in [-0.15, -0.1) is 0 Å². The largest absolute Gasteiger partial charge is 0.393 e. The molecule has 0 saturated carbocycles. The smallest absolute Gasteiger partial charge is 0.0768 e. The van der Waals surface area contributed by atoms with Gasteiger partial charge in [0.1, 0.15) is 0 Å². The fourth-order valence-corrected chi connectivity index (χ4v) is 2.05. The summed E-state index contributed by atoms with van der Waals surface area (Å²) in [6.45, 7) is 9.89. The van der Waals surface area contributed by atoms with E-state index in [0.29, 0.717) is 10.9 Å². The predicted molar refractivity (Wildman–Crippen MR) is 81.4 cm³/mol. The Labute approximate surface area is 113 Å². The molecule has 0 aromatic carbocycles. The Morgan fingerprint density at radius 1 is 1.12 bits per heavy atom. The third kappa shape index (κ3) is 9.54. The van der Waals surface area contributed by atoms with E-state index in [9.17, 15) is 0 Å². The van der Waals surface area contributed by atoms with Gasteiger partial charge in [-0.3, -0.25) is 0 Å². The molecule has 0 aromatic rings. The third-order valence-corrected chi connectivity index (χ3v) is 3.70. The van der Waals surface area contributed by atoms with Crippen LogP contribution >= 0.6 is 12.2 Å². The van der Waals surface area contributed by atoms with Crippen molar-refractivity contribution in [3.8, 4) is 0 Å². The van der Waals surface area contributed by atoms with Crippen LogP contribution in [0.4, 0.5) is 0 Å². The van der Waals surface area contributed by atoms with Gasteiger partial charge in [0.15, 0.2) is 0 Å². The molecule has 0 aromatic heterocycles. The molecule has 0 aliphatic rings. The number of hydrogen-bond acceptors (Lipinski definition) is 2.